The summed E-state index contributed by atoms with van der Waals surface area (Å²) in [7, 11) is 0. The van der Waals surface area contributed by atoms with Gasteiger partial charge in [-0.05, 0) is 30.5 Å². The number of para-hydroxylation sites is 1. The number of hydrogen-bond donors (Lipinski definition) is 2. The van der Waals surface area contributed by atoms with Crippen LogP contribution in [0.5, 0.6) is 5.75 Å². The molecule has 0 bridgehead atoms. The maximum Gasteiger partial charge on any atom is 0.277 e. The quantitative estimate of drug-likeness (QED) is 0.345. The molecule has 1 aromatic heterocycles. The second-order valence-electron chi connectivity index (χ2n) is 6.38. The Bertz CT molecular complexity index is 1200. The predicted molar refractivity (Wildman–Crippen MR) is 116 cm³/mol. The minimum Gasteiger partial charge on any atom is -0.483 e. The second kappa shape index (κ2) is 7.86. The number of nitrogens with zero attached hydrogens (tertiary/aromatic N) is 1. The van der Waals surface area contributed by atoms with Gasteiger partial charge in [-0.2, -0.15) is 5.10 Å². The van der Waals surface area contributed by atoms with Gasteiger partial charge in [0.25, 0.3) is 5.91 Å². The Morgan fingerprint density at radius 3 is 2.61 bits per heavy atom. The van der Waals surface area contributed by atoms with Crippen LogP contribution in [0.15, 0.2) is 70.2 Å². The molecule has 4 aromatic rings. The highest BCUT2D eigenvalue weighted by molar-refractivity contribution is 9.10. The van der Waals surface area contributed by atoms with Crippen LogP contribution in [0.25, 0.3) is 21.7 Å². The van der Waals surface area contributed by atoms with Gasteiger partial charge in [0.15, 0.2) is 6.61 Å². The number of halogens is 1. The standard InChI is InChI=1S/C22H18BrN3O2/c1-14-18(16-7-4-5-9-20(16)25-14)12-24-26-22(27)13-28-21-11-10-19(23)15-6-2-3-8-17(15)21/h2-12,25H,13H2,1H3,(H,26,27). The van der Waals surface area contributed by atoms with Crippen molar-refractivity contribution in [3.05, 3.63) is 76.4 Å². The van der Waals surface area contributed by atoms with E-state index in [0.29, 0.717) is 5.75 Å². The Kier molecular flexibility index (Phi) is 5.12. The van der Waals surface area contributed by atoms with Crippen LogP contribution in [0.1, 0.15) is 11.3 Å². The summed E-state index contributed by atoms with van der Waals surface area (Å²) in [5.74, 6) is 0.339. The summed E-state index contributed by atoms with van der Waals surface area (Å²) in [4.78, 5) is 15.4. The number of H-pyrrole nitrogens is 1. The summed E-state index contributed by atoms with van der Waals surface area (Å²) >= 11 is 3.53. The van der Waals surface area contributed by atoms with Crippen molar-refractivity contribution in [2.75, 3.05) is 6.61 Å². The number of ether oxygens (including phenoxy) is 1. The first kappa shape index (κ1) is 18.3. The third-order valence-corrected chi connectivity index (χ3v) is 5.21. The van der Waals surface area contributed by atoms with Crippen molar-refractivity contribution < 1.29 is 9.53 Å². The number of hydrazone groups is 1. The predicted octanol–water partition coefficient (Wildman–Crippen LogP) is 4.92. The van der Waals surface area contributed by atoms with Gasteiger partial charge >= 0.3 is 0 Å². The third-order valence-electron chi connectivity index (χ3n) is 4.52. The highest BCUT2D eigenvalue weighted by atomic mass is 79.9. The maximum atomic E-state index is 12.1. The van der Waals surface area contributed by atoms with E-state index >= 15 is 0 Å². The first-order chi connectivity index (χ1) is 13.6. The Morgan fingerprint density at radius 2 is 1.79 bits per heavy atom. The lowest BCUT2D eigenvalue weighted by atomic mass is 10.1. The van der Waals surface area contributed by atoms with Crippen molar-refractivity contribution >= 4 is 49.7 Å². The van der Waals surface area contributed by atoms with Crippen molar-refractivity contribution in [3.8, 4) is 5.75 Å². The third kappa shape index (κ3) is 3.64. The molecule has 1 amide bonds. The zero-order valence-corrected chi connectivity index (χ0v) is 16.8. The van der Waals surface area contributed by atoms with Crippen LogP contribution in [-0.2, 0) is 4.79 Å². The molecule has 0 fully saturated rings. The van der Waals surface area contributed by atoms with Gasteiger partial charge in [-0.1, -0.05) is 58.4 Å². The van der Waals surface area contributed by atoms with Crippen molar-refractivity contribution in [3.63, 3.8) is 0 Å². The number of benzene rings is 3. The topological polar surface area (TPSA) is 66.5 Å². The number of fused-ring (bicyclic) bond motifs is 2. The van der Waals surface area contributed by atoms with E-state index in [1.807, 2.05) is 67.6 Å². The average molecular weight is 436 g/mol. The van der Waals surface area contributed by atoms with E-state index in [9.17, 15) is 4.79 Å². The smallest absolute Gasteiger partial charge is 0.277 e. The Morgan fingerprint density at radius 1 is 1.07 bits per heavy atom. The van der Waals surface area contributed by atoms with Crippen LogP contribution < -0.4 is 10.2 Å². The van der Waals surface area contributed by atoms with Crippen molar-refractivity contribution in [2.24, 2.45) is 5.10 Å². The molecular weight excluding hydrogens is 418 g/mol. The summed E-state index contributed by atoms with van der Waals surface area (Å²) in [5, 5.41) is 7.13. The summed E-state index contributed by atoms with van der Waals surface area (Å²) in [6, 6.07) is 19.6. The molecule has 0 aliphatic rings. The van der Waals surface area contributed by atoms with Gasteiger partial charge in [0, 0.05) is 32.0 Å². The molecule has 3 aromatic carbocycles. The lowest BCUT2D eigenvalue weighted by Gasteiger charge is -2.09. The summed E-state index contributed by atoms with van der Waals surface area (Å²) in [5.41, 5.74) is 5.52. The van der Waals surface area contributed by atoms with E-state index in [4.69, 9.17) is 4.74 Å². The molecule has 0 radical (unpaired) electrons. The molecule has 2 N–H and O–H groups in total. The number of aryl methyl sites for hydroxylation is 1. The normalized spacial score (nSPS) is 11.4. The van der Waals surface area contributed by atoms with Crippen LogP contribution in [0.3, 0.4) is 0 Å². The first-order valence-electron chi connectivity index (χ1n) is 8.83. The van der Waals surface area contributed by atoms with E-state index in [-0.39, 0.29) is 12.5 Å². The van der Waals surface area contributed by atoms with E-state index in [1.165, 1.54) is 0 Å². The van der Waals surface area contributed by atoms with Gasteiger partial charge < -0.3 is 9.72 Å². The van der Waals surface area contributed by atoms with Gasteiger partial charge in [-0.15, -0.1) is 0 Å². The zero-order chi connectivity index (χ0) is 19.5. The Labute approximate surface area is 170 Å². The van der Waals surface area contributed by atoms with Gasteiger partial charge in [-0.25, -0.2) is 5.43 Å². The van der Waals surface area contributed by atoms with Crippen LogP contribution in [0.2, 0.25) is 0 Å². The fourth-order valence-electron chi connectivity index (χ4n) is 3.17. The molecule has 4 rings (SSSR count). The van der Waals surface area contributed by atoms with E-state index in [0.717, 1.165) is 37.4 Å². The number of aromatic amines is 1. The average Bonchev–Trinajstić information content (AvgIpc) is 3.03. The van der Waals surface area contributed by atoms with E-state index in [2.05, 4.69) is 31.4 Å². The number of hydrogen-bond acceptors (Lipinski definition) is 3. The van der Waals surface area contributed by atoms with E-state index < -0.39 is 0 Å². The minimum absolute atomic E-state index is 0.115. The van der Waals surface area contributed by atoms with Gasteiger partial charge in [0.05, 0.1) is 6.21 Å². The van der Waals surface area contributed by atoms with Crippen LogP contribution in [0.4, 0.5) is 0 Å². The SMILES string of the molecule is Cc1[nH]c2ccccc2c1C=NNC(=O)COc1ccc(Br)c2ccccc12. The van der Waals surface area contributed by atoms with Gasteiger partial charge in [0.1, 0.15) is 5.75 Å². The number of rotatable bonds is 5. The van der Waals surface area contributed by atoms with E-state index in [1.54, 1.807) is 6.21 Å². The Hall–Kier alpha value is -3.12. The highest BCUT2D eigenvalue weighted by Gasteiger charge is 2.08. The summed E-state index contributed by atoms with van der Waals surface area (Å²) < 4.78 is 6.69. The summed E-state index contributed by atoms with van der Waals surface area (Å²) in [6.45, 7) is 1.86. The number of carbonyl (C=O) groups is 1. The molecule has 0 spiro atoms. The van der Waals surface area contributed by atoms with Crippen molar-refractivity contribution in [1.82, 2.24) is 10.4 Å². The molecule has 0 saturated carbocycles. The second-order valence-corrected chi connectivity index (χ2v) is 7.24. The molecule has 0 unspecified atom stereocenters. The molecule has 140 valence electrons. The largest absolute Gasteiger partial charge is 0.483 e. The zero-order valence-electron chi connectivity index (χ0n) is 15.2. The lowest BCUT2D eigenvalue weighted by molar-refractivity contribution is -0.123. The van der Waals surface area contributed by atoms with Crippen LogP contribution in [-0.4, -0.2) is 23.7 Å². The van der Waals surface area contributed by atoms with Crippen molar-refractivity contribution in [1.29, 1.82) is 0 Å². The van der Waals surface area contributed by atoms with Crippen molar-refractivity contribution in [2.45, 2.75) is 6.92 Å². The summed E-state index contributed by atoms with van der Waals surface area (Å²) in [6.07, 6.45) is 1.65. The van der Waals surface area contributed by atoms with Crippen LogP contribution >= 0.6 is 15.9 Å². The molecule has 28 heavy (non-hydrogen) atoms. The van der Waals surface area contributed by atoms with Gasteiger partial charge in [0.2, 0.25) is 0 Å². The van der Waals surface area contributed by atoms with Crippen LogP contribution in [0, 0.1) is 6.92 Å². The molecule has 0 aliphatic heterocycles. The van der Waals surface area contributed by atoms with Gasteiger partial charge in [-0.3, -0.25) is 4.79 Å². The molecule has 5 nitrogen and oxygen atoms in total. The number of nitrogens with one attached hydrogen (secondary N) is 2. The highest BCUT2D eigenvalue weighted by Crippen LogP contribution is 2.31. The molecule has 0 saturated heterocycles. The molecule has 0 atom stereocenters. The molecular formula is C22H18BrN3O2. The number of aromatic nitrogens is 1. The molecule has 1 heterocycles. The number of carbonyl (C=O) groups excluding carboxylic acids is 1. The fraction of sp³-hybridized carbons (Fsp3) is 0.0909. The molecule has 0 aliphatic carbocycles. The number of amides is 1. The minimum atomic E-state index is -0.319. The monoisotopic (exact) mass is 435 g/mol. The maximum absolute atomic E-state index is 12.1. The molecule has 6 heteroatoms. The lowest BCUT2D eigenvalue weighted by Crippen LogP contribution is -2.24. The first-order valence-corrected chi connectivity index (χ1v) is 9.62. The fourth-order valence-corrected chi connectivity index (χ4v) is 3.65. The Balaban J connectivity index is 1.42.